The highest BCUT2D eigenvalue weighted by atomic mass is 35.5. The van der Waals surface area contributed by atoms with E-state index in [1.54, 1.807) is 12.3 Å². The minimum atomic E-state index is -0.259. The van der Waals surface area contributed by atoms with Gasteiger partial charge in [-0.05, 0) is 49.1 Å². The molecule has 4 rings (SSSR count). The van der Waals surface area contributed by atoms with Crippen LogP contribution >= 0.6 is 23.2 Å². The molecule has 0 bridgehead atoms. The van der Waals surface area contributed by atoms with Crippen molar-refractivity contribution in [3.63, 3.8) is 0 Å². The van der Waals surface area contributed by atoms with Crippen LogP contribution in [0.5, 0.6) is 0 Å². The first kappa shape index (κ1) is 20.3. The molecule has 0 radical (unpaired) electrons. The van der Waals surface area contributed by atoms with Crippen molar-refractivity contribution < 1.29 is 13.9 Å². The van der Waals surface area contributed by atoms with Crippen LogP contribution in [-0.4, -0.2) is 25.7 Å². The van der Waals surface area contributed by atoms with Gasteiger partial charge in [0.1, 0.15) is 5.58 Å². The first-order valence-corrected chi connectivity index (χ1v) is 10.5. The van der Waals surface area contributed by atoms with Gasteiger partial charge in [-0.25, -0.2) is 0 Å². The standard InChI is InChI=1S/C23H23Cl2NO3/c1-15-2-4-18-16(13-29-21(18)10-15)11-22(27)26-14-23(6-8-28-9-7-23)19-5-3-17(24)12-20(19)25/h2-5,10,12-13H,6-9,11,14H2,1H3,(H,26,27). The third-order valence-electron chi connectivity index (χ3n) is 5.74. The van der Waals surface area contributed by atoms with Crippen LogP contribution in [0.4, 0.5) is 0 Å². The second-order valence-corrected chi connectivity index (χ2v) is 8.57. The number of benzene rings is 2. The van der Waals surface area contributed by atoms with Crippen molar-refractivity contribution in [3.05, 3.63) is 69.4 Å². The van der Waals surface area contributed by atoms with Crippen molar-refractivity contribution in [1.82, 2.24) is 5.32 Å². The molecule has 29 heavy (non-hydrogen) atoms. The van der Waals surface area contributed by atoms with Gasteiger partial charge in [0.2, 0.25) is 5.91 Å². The molecule has 1 aliphatic rings. The molecule has 0 saturated carbocycles. The van der Waals surface area contributed by atoms with Gasteiger partial charge >= 0.3 is 0 Å². The Hall–Kier alpha value is -2.01. The maximum absolute atomic E-state index is 12.7. The molecule has 4 nitrogen and oxygen atoms in total. The summed E-state index contributed by atoms with van der Waals surface area (Å²) in [7, 11) is 0. The predicted octanol–water partition coefficient (Wildman–Crippen LogP) is 5.46. The lowest BCUT2D eigenvalue weighted by molar-refractivity contribution is -0.120. The van der Waals surface area contributed by atoms with Crippen LogP contribution in [0.3, 0.4) is 0 Å². The number of amides is 1. The second-order valence-electron chi connectivity index (χ2n) is 7.73. The molecule has 2 heterocycles. The van der Waals surface area contributed by atoms with Crippen LogP contribution in [0, 0.1) is 6.92 Å². The molecule has 1 aromatic heterocycles. The van der Waals surface area contributed by atoms with Gasteiger partial charge < -0.3 is 14.5 Å². The SMILES string of the molecule is Cc1ccc2c(CC(=O)NCC3(c4ccc(Cl)cc4Cl)CCOCC3)coc2c1. The average Bonchev–Trinajstić information content (AvgIpc) is 3.08. The number of ether oxygens (including phenoxy) is 1. The zero-order chi connectivity index (χ0) is 20.4. The quantitative estimate of drug-likeness (QED) is 0.583. The lowest BCUT2D eigenvalue weighted by Crippen LogP contribution is -2.45. The van der Waals surface area contributed by atoms with Crippen LogP contribution in [0.2, 0.25) is 10.0 Å². The molecule has 1 amide bonds. The van der Waals surface area contributed by atoms with Gasteiger partial charge in [0.15, 0.2) is 0 Å². The maximum atomic E-state index is 12.7. The Morgan fingerprint density at radius 1 is 1.14 bits per heavy atom. The van der Waals surface area contributed by atoms with E-state index in [9.17, 15) is 4.79 Å². The van der Waals surface area contributed by atoms with E-state index < -0.39 is 0 Å². The zero-order valence-corrected chi connectivity index (χ0v) is 17.8. The minimum absolute atomic E-state index is 0.0378. The highest BCUT2D eigenvalue weighted by Gasteiger charge is 2.36. The summed E-state index contributed by atoms with van der Waals surface area (Å²) in [6.07, 6.45) is 3.53. The van der Waals surface area contributed by atoms with Gasteiger partial charge in [-0.15, -0.1) is 0 Å². The summed E-state index contributed by atoms with van der Waals surface area (Å²) in [6.45, 7) is 3.80. The van der Waals surface area contributed by atoms with Gasteiger partial charge in [-0.1, -0.05) is 41.4 Å². The second kappa shape index (κ2) is 8.39. The van der Waals surface area contributed by atoms with Crippen molar-refractivity contribution in [3.8, 4) is 0 Å². The summed E-state index contributed by atoms with van der Waals surface area (Å²) in [4.78, 5) is 12.7. The number of carbonyl (C=O) groups is 1. The molecule has 1 saturated heterocycles. The normalized spacial score (nSPS) is 16.1. The molecule has 6 heteroatoms. The fraction of sp³-hybridized carbons (Fsp3) is 0.348. The summed E-state index contributed by atoms with van der Waals surface area (Å²) >= 11 is 12.6. The van der Waals surface area contributed by atoms with Crippen LogP contribution in [0.15, 0.2) is 47.1 Å². The predicted molar refractivity (Wildman–Crippen MR) is 116 cm³/mol. The average molecular weight is 432 g/mol. The molecule has 2 aromatic carbocycles. The highest BCUT2D eigenvalue weighted by Crippen LogP contribution is 2.39. The molecule has 1 fully saturated rings. The summed E-state index contributed by atoms with van der Waals surface area (Å²) in [6, 6.07) is 11.6. The maximum Gasteiger partial charge on any atom is 0.224 e. The monoisotopic (exact) mass is 431 g/mol. The molecule has 1 N–H and O–H groups in total. The van der Waals surface area contributed by atoms with E-state index in [-0.39, 0.29) is 17.7 Å². The van der Waals surface area contributed by atoms with Gasteiger partial charge in [-0.3, -0.25) is 4.79 Å². The summed E-state index contributed by atoms with van der Waals surface area (Å²) < 4.78 is 11.2. The Bertz CT molecular complexity index is 1040. The Labute approximate surface area is 180 Å². The van der Waals surface area contributed by atoms with E-state index in [4.69, 9.17) is 32.4 Å². The fourth-order valence-electron chi connectivity index (χ4n) is 4.05. The third-order valence-corrected chi connectivity index (χ3v) is 6.29. The Morgan fingerprint density at radius 2 is 1.93 bits per heavy atom. The molecular weight excluding hydrogens is 409 g/mol. The van der Waals surface area contributed by atoms with Gasteiger partial charge in [0, 0.05) is 46.2 Å². The number of furan rings is 1. The molecule has 0 unspecified atom stereocenters. The van der Waals surface area contributed by atoms with Crippen molar-refractivity contribution in [1.29, 1.82) is 0 Å². The molecule has 152 valence electrons. The van der Waals surface area contributed by atoms with Crippen molar-refractivity contribution in [2.24, 2.45) is 0 Å². The molecular formula is C23H23Cl2NO3. The Balaban J connectivity index is 1.50. The first-order valence-electron chi connectivity index (χ1n) is 9.74. The lowest BCUT2D eigenvalue weighted by Gasteiger charge is -2.38. The largest absolute Gasteiger partial charge is 0.464 e. The number of rotatable bonds is 5. The minimum Gasteiger partial charge on any atom is -0.464 e. The number of hydrogen-bond acceptors (Lipinski definition) is 3. The van der Waals surface area contributed by atoms with E-state index in [0.717, 1.165) is 40.5 Å². The number of carbonyl (C=O) groups excluding carboxylic acids is 1. The number of aryl methyl sites for hydroxylation is 1. The van der Waals surface area contributed by atoms with E-state index in [1.807, 2.05) is 37.3 Å². The lowest BCUT2D eigenvalue weighted by atomic mass is 9.74. The summed E-state index contributed by atoms with van der Waals surface area (Å²) in [5.41, 5.74) is 3.58. The van der Waals surface area contributed by atoms with Gasteiger partial charge in [0.25, 0.3) is 0 Å². The summed E-state index contributed by atoms with van der Waals surface area (Å²) in [5.74, 6) is -0.0378. The van der Waals surface area contributed by atoms with E-state index in [2.05, 4.69) is 5.32 Å². The Kier molecular flexibility index (Phi) is 5.86. The van der Waals surface area contributed by atoms with Crippen molar-refractivity contribution >= 4 is 40.1 Å². The molecule has 1 aliphatic heterocycles. The van der Waals surface area contributed by atoms with Crippen molar-refractivity contribution in [2.45, 2.75) is 31.6 Å². The topological polar surface area (TPSA) is 51.5 Å². The van der Waals surface area contributed by atoms with Gasteiger partial charge in [-0.2, -0.15) is 0 Å². The number of hydrogen-bond donors (Lipinski definition) is 1. The molecule has 0 aliphatic carbocycles. The molecule has 0 atom stereocenters. The fourth-order valence-corrected chi connectivity index (χ4v) is 4.66. The third kappa shape index (κ3) is 4.30. The Morgan fingerprint density at radius 3 is 2.69 bits per heavy atom. The van der Waals surface area contributed by atoms with E-state index in [0.29, 0.717) is 29.8 Å². The first-order chi connectivity index (χ1) is 14.0. The van der Waals surface area contributed by atoms with E-state index in [1.165, 1.54) is 0 Å². The summed E-state index contributed by atoms with van der Waals surface area (Å²) in [5, 5.41) is 5.33. The molecule has 0 spiro atoms. The van der Waals surface area contributed by atoms with Crippen molar-refractivity contribution in [2.75, 3.05) is 19.8 Å². The molecule has 3 aromatic rings. The van der Waals surface area contributed by atoms with Crippen LogP contribution in [-0.2, 0) is 21.4 Å². The van der Waals surface area contributed by atoms with Crippen LogP contribution in [0.25, 0.3) is 11.0 Å². The smallest absolute Gasteiger partial charge is 0.224 e. The van der Waals surface area contributed by atoms with Crippen LogP contribution < -0.4 is 5.32 Å². The number of fused-ring (bicyclic) bond motifs is 1. The van der Waals surface area contributed by atoms with Gasteiger partial charge in [0.05, 0.1) is 12.7 Å². The number of halogens is 2. The van der Waals surface area contributed by atoms with E-state index >= 15 is 0 Å². The highest BCUT2D eigenvalue weighted by molar-refractivity contribution is 6.35. The zero-order valence-electron chi connectivity index (χ0n) is 16.3. The van der Waals surface area contributed by atoms with Crippen LogP contribution in [0.1, 0.15) is 29.5 Å². The number of nitrogens with one attached hydrogen (secondary N) is 1.